The number of hydrogen-bond acceptors (Lipinski definition) is 4. The second kappa shape index (κ2) is 7.68. The first-order valence-electron chi connectivity index (χ1n) is 9.67. The lowest BCUT2D eigenvalue weighted by Crippen LogP contribution is -2.52. The lowest BCUT2D eigenvalue weighted by molar-refractivity contribution is 0.183. The molecule has 0 spiro atoms. The molecule has 29 heavy (non-hydrogen) atoms. The summed E-state index contributed by atoms with van der Waals surface area (Å²) < 4.78 is 33.6. The Kier molecular flexibility index (Phi) is 5.23. The number of rotatable bonds is 5. The third-order valence-electron chi connectivity index (χ3n) is 5.70. The fraction of sp³-hybridized carbons (Fsp3) is 0.381. The summed E-state index contributed by atoms with van der Waals surface area (Å²) in [4.78, 5) is 14.9. The molecular formula is C21H25N3O4S. The summed E-state index contributed by atoms with van der Waals surface area (Å²) in [5.74, 6) is 0.892. The highest BCUT2D eigenvalue weighted by Gasteiger charge is 2.48. The number of benzene rings is 2. The van der Waals surface area contributed by atoms with Crippen molar-refractivity contribution in [1.29, 1.82) is 0 Å². The molecule has 3 atom stereocenters. The molecule has 1 aliphatic heterocycles. The Balaban J connectivity index is 1.48. The van der Waals surface area contributed by atoms with Gasteiger partial charge >= 0.3 is 6.03 Å². The van der Waals surface area contributed by atoms with Gasteiger partial charge < -0.3 is 15.0 Å². The lowest BCUT2D eigenvalue weighted by Gasteiger charge is -2.33. The largest absolute Gasteiger partial charge is 0.495 e. The van der Waals surface area contributed by atoms with Crippen LogP contribution in [0.15, 0.2) is 53.4 Å². The number of carbonyl (C=O) groups excluding carboxylic acids is 1. The first kappa shape index (κ1) is 19.7. The Labute approximate surface area is 171 Å². The number of fused-ring (bicyclic) bond motifs is 2. The van der Waals surface area contributed by atoms with Gasteiger partial charge in [0.25, 0.3) is 0 Å². The molecule has 2 aliphatic rings. The summed E-state index contributed by atoms with van der Waals surface area (Å²) in [7, 11) is -2.06. The number of urea groups is 1. The summed E-state index contributed by atoms with van der Waals surface area (Å²) in [5, 5.41) is 2.93. The summed E-state index contributed by atoms with van der Waals surface area (Å²) >= 11 is 0. The second-order valence-corrected chi connectivity index (χ2v) is 9.45. The average molecular weight is 416 g/mol. The number of likely N-dealkylation sites (tertiary alicyclic amines) is 1. The fourth-order valence-electron chi connectivity index (χ4n) is 4.36. The van der Waals surface area contributed by atoms with Gasteiger partial charge in [0.05, 0.1) is 23.7 Å². The normalized spacial score (nSPS) is 23.2. The second-order valence-electron chi connectivity index (χ2n) is 7.73. The molecular weight excluding hydrogens is 390 g/mol. The molecule has 2 fully saturated rings. The van der Waals surface area contributed by atoms with Crippen LogP contribution >= 0.6 is 0 Å². The maximum absolute atomic E-state index is 12.9. The molecule has 8 heteroatoms. The van der Waals surface area contributed by atoms with Gasteiger partial charge in [-0.15, -0.1) is 0 Å². The van der Waals surface area contributed by atoms with Gasteiger partial charge in [-0.05, 0) is 55.5 Å². The van der Waals surface area contributed by atoms with Crippen molar-refractivity contribution in [2.24, 2.45) is 5.92 Å². The van der Waals surface area contributed by atoms with Gasteiger partial charge in [-0.25, -0.2) is 17.9 Å². The zero-order chi connectivity index (χ0) is 20.6. The van der Waals surface area contributed by atoms with Crippen molar-refractivity contribution >= 4 is 21.7 Å². The maximum atomic E-state index is 12.9. The Morgan fingerprint density at radius 2 is 1.90 bits per heavy atom. The summed E-state index contributed by atoms with van der Waals surface area (Å²) in [6.45, 7) is 2.58. The number of nitrogens with zero attached hydrogens (tertiary/aromatic N) is 1. The van der Waals surface area contributed by atoms with Crippen LogP contribution in [0, 0.1) is 12.8 Å². The number of aryl methyl sites for hydroxylation is 1. The highest BCUT2D eigenvalue weighted by Crippen LogP contribution is 2.39. The minimum absolute atomic E-state index is 0.158. The quantitative estimate of drug-likeness (QED) is 0.786. The number of methoxy groups -OCH3 is 1. The number of ether oxygens (including phenoxy) is 1. The van der Waals surface area contributed by atoms with Crippen molar-refractivity contribution in [2.45, 2.75) is 36.7 Å². The number of hydrogen-bond donors (Lipinski definition) is 2. The van der Waals surface area contributed by atoms with E-state index in [0.29, 0.717) is 23.9 Å². The minimum Gasteiger partial charge on any atom is -0.495 e. The van der Waals surface area contributed by atoms with Gasteiger partial charge in [0, 0.05) is 12.6 Å². The van der Waals surface area contributed by atoms with E-state index in [1.807, 2.05) is 25.1 Å². The molecule has 7 nitrogen and oxygen atoms in total. The van der Waals surface area contributed by atoms with Crippen LogP contribution in [0.1, 0.15) is 18.4 Å². The molecule has 4 rings (SSSR count). The smallest absolute Gasteiger partial charge is 0.322 e. The Bertz CT molecular complexity index is 1010. The van der Waals surface area contributed by atoms with Gasteiger partial charge in [0.15, 0.2) is 0 Å². The van der Waals surface area contributed by atoms with E-state index in [9.17, 15) is 13.2 Å². The minimum atomic E-state index is -3.62. The summed E-state index contributed by atoms with van der Waals surface area (Å²) in [6, 6.07) is 13.2. The molecule has 154 valence electrons. The van der Waals surface area contributed by atoms with Gasteiger partial charge in [-0.1, -0.05) is 24.3 Å². The average Bonchev–Trinajstić information content (AvgIpc) is 3.29. The van der Waals surface area contributed by atoms with Gasteiger partial charge in [-0.3, -0.25) is 0 Å². The third-order valence-corrected chi connectivity index (χ3v) is 7.21. The first-order valence-corrected chi connectivity index (χ1v) is 11.2. The number of amides is 2. The molecule has 3 unspecified atom stereocenters. The third kappa shape index (κ3) is 3.95. The van der Waals surface area contributed by atoms with E-state index in [2.05, 4.69) is 10.0 Å². The van der Waals surface area contributed by atoms with E-state index >= 15 is 0 Å². The molecule has 1 saturated carbocycles. The highest BCUT2D eigenvalue weighted by atomic mass is 32.2. The van der Waals surface area contributed by atoms with E-state index in [0.717, 1.165) is 18.4 Å². The fourth-order valence-corrected chi connectivity index (χ4v) is 5.66. The number of piperidine rings is 1. The van der Waals surface area contributed by atoms with E-state index < -0.39 is 10.0 Å². The Morgan fingerprint density at radius 3 is 2.59 bits per heavy atom. The van der Waals surface area contributed by atoms with Crippen LogP contribution in [-0.2, 0) is 10.0 Å². The summed E-state index contributed by atoms with van der Waals surface area (Å²) in [6.07, 6.45) is 1.55. The SMILES string of the molecule is COc1ccc(C)cc1NC(=O)N1CC2CC(NS(=O)(=O)c3ccccc3)C1C2. The highest BCUT2D eigenvalue weighted by molar-refractivity contribution is 7.89. The lowest BCUT2D eigenvalue weighted by atomic mass is 10.1. The molecule has 0 aromatic heterocycles. The molecule has 2 bridgehead atoms. The van der Waals surface area contributed by atoms with E-state index in [-0.39, 0.29) is 23.0 Å². The van der Waals surface area contributed by atoms with Crippen LogP contribution in [0.25, 0.3) is 0 Å². The molecule has 2 aromatic carbocycles. The molecule has 2 N–H and O–H groups in total. The van der Waals surface area contributed by atoms with Crippen LogP contribution in [-0.4, -0.2) is 45.1 Å². The molecule has 1 saturated heterocycles. The maximum Gasteiger partial charge on any atom is 0.322 e. The number of anilines is 1. The molecule has 1 heterocycles. The predicted molar refractivity (Wildman–Crippen MR) is 111 cm³/mol. The molecule has 0 radical (unpaired) electrons. The summed E-state index contributed by atoms with van der Waals surface area (Å²) in [5.41, 5.74) is 1.62. The van der Waals surface area contributed by atoms with Crippen LogP contribution < -0.4 is 14.8 Å². The first-order chi connectivity index (χ1) is 13.9. The van der Waals surface area contributed by atoms with Crippen molar-refractivity contribution in [2.75, 3.05) is 19.0 Å². The van der Waals surface area contributed by atoms with E-state index in [1.54, 1.807) is 42.3 Å². The Hall–Kier alpha value is -2.58. The van der Waals surface area contributed by atoms with Crippen molar-refractivity contribution in [3.8, 4) is 5.75 Å². The van der Waals surface area contributed by atoms with Crippen LogP contribution in [0.2, 0.25) is 0 Å². The zero-order valence-electron chi connectivity index (χ0n) is 16.5. The van der Waals surface area contributed by atoms with Gasteiger partial charge in [-0.2, -0.15) is 0 Å². The number of nitrogens with one attached hydrogen (secondary N) is 2. The number of carbonyl (C=O) groups is 1. The van der Waals surface area contributed by atoms with Crippen LogP contribution in [0.5, 0.6) is 5.75 Å². The topological polar surface area (TPSA) is 87.7 Å². The molecule has 1 aliphatic carbocycles. The van der Waals surface area contributed by atoms with Crippen LogP contribution in [0.4, 0.5) is 10.5 Å². The zero-order valence-corrected chi connectivity index (χ0v) is 17.3. The van der Waals surface area contributed by atoms with Crippen molar-refractivity contribution in [3.05, 3.63) is 54.1 Å². The van der Waals surface area contributed by atoms with Crippen molar-refractivity contribution in [3.63, 3.8) is 0 Å². The molecule has 2 amide bonds. The predicted octanol–water partition coefficient (Wildman–Crippen LogP) is 2.98. The van der Waals surface area contributed by atoms with Gasteiger partial charge in [0.1, 0.15) is 5.75 Å². The van der Waals surface area contributed by atoms with Gasteiger partial charge in [0.2, 0.25) is 10.0 Å². The van der Waals surface area contributed by atoms with Crippen molar-refractivity contribution < 1.29 is 17.9 Å². The van der Waals surface area contributed by atoms with E-state index in [1.165, 1.54) is 0 Å². The van der Waals surface area contributed by atoms with Crippen molar-refractivity contribution in [1.82, 2.24) is 9.62 Å². The van der Waals surface area contributed by atoms with Crippen LogP contribution in [0.3, 0.4) is 0 Å². The Morgan fingerprint density at radius 1 is 1.14 bits per heavy atom. The van der Waals surface area contributed by atoms with E-state index in [4.69, 9.17) is 4.74 Å². The molecule has 2 aromatic rings. The standard InChI is InChI=1S/C21H25N3O4S/c1-14-8-9-20(28-2)18(10-14)22-21(25)24-13-15-11-17(19(24)12-15)23-29(26,27)16-6-4-3-5-7-16/h3-10,15,17,19,23H,11-13H2,1-2H3,(H,22,25). The number of sulfonamides is 1. The monoisotopic (exact) mass is 415 g/mol.